The van der Waals surface area contributed by atoms with Gasteiger partial charge in [0.15, 0.2) is 0 Å². The lowest BCUT2D eigenvalue weighted by Gasteiger charge is -2.47. The number of benzene rings is 2. The van der Waals surface area contributed by atoms with E-state index >= 15 is 0 Å². The standard InChI is InChI=1S/C24H29Cl2N3O2/c1-6-9-29-21-12-22(31-5)16(10-19(21)15(2)13-24(29,3)4)14-27-28-23(30)18-8-7-17(25)11-20(18)26/h7-8,10-12,14-15H,6,9,13H2,1-5H3,(H,28,30)/b27-14-. The molecule has 1 unspecified atom stereocenters. The summed E-state index contributed by atoms with van der Waals surface area (Å²) < 4.78 is 5.65. The van der Waals surface area contributed by atoms with Crippen LogP contribution in [0.4, 0.5) is 5.69 Å². The molecule has 3 rings (SSSR count). The molecule has 0 bridgehead atoms. The van der Waals surface area contributed by atoms with Crippen molar-refractivity contribution < 1.29 is 9.53 Å². The van der Waals surface area contributed by atoms with Gasteiger partial charge in [-0.05, 0) is 62.4 Å². The summed E-state index contributed by atoms with van der Waals surface area (Å²) in [5.41, 5.74) is 6.20. The van der Waals surface area contributed by atoms with Crippen molar-refractivity contribution in [2.24, 2.45) is 5.10 Å². The van der Waals surface area contributed by atoms with Gasteiger partial charge in [0.25, 0.3) is 5.91 Å². The fraction of sp³-hybridized carbons (Fsp3) is 0.417. The van der Waals surface area contributed by atoms with E-state index in [0.717, 1.165) is 24.9 Å². The SMILES string of the molecule is CCCN1c2cc(OC)c(/C=N\NC(=O)c3ccc(Cl)cc3Cl)cc2C(C)CC1(C)C. The van der Waals surface area contributed by atoms with Crippen molar-refractivity contribution in [2.45, 2.75) is 52.0 Å². The minimum Gasteiger partial charge on any atom is -0.496 e. The summed E-state index contributed by atoms with van der Waals surface area (Å²) in [5, 5.41) is 4.89. The second kappa shape index (κ2) is 9.49. The summed E-state index contributed by atoms with van der Waals surface area (Å²) >= 11 is 12.0. The van der Waals surface area contributed by atoms with Gasteiger partial charge in [-0.15, -0.1) is 0 Å². The van der Waals surface area contributed by atoms with Crippen LogP contribution in [0.15, 0.2) is 35.4 Å². The molecule has 2 aromatic carbocycles. The van der Waals surface area contributed by atoms with Crippen molar-refractivity contribution in [3.05, 3.63) is 57.1 Å². The Balaban J connectivity index is 1.88. The molecule has 1 aliphatic heterocycles. The van der Waals surface area contributed by atoms with Crippen LogP contribution in [0.3, 0.4) is 0 Å². The first-order chi connectivity index (χ1) is 14.7. The predicted octanol–water partition coefficient (Wildman–Crippen LogP) is 6.27. The second-order valence-corrected chi connectivity index (χ2v) is 9.39. The van der Waals surface area contributed by atoms with Crippen molar-refractivity contribution in [1.82, 2.24) is 5.43 Å². The highest BCUT2D eigenvalue weighted by Gasteiger charge is 2.36. The van der Waals surface area contributed by atoms with E-state index in [1.165, 1.54) is 17.3 Å². The maximum atomic E-state index is 12.4. The minimum atomic E-state index is -0.404. The number of rotatable bonds is 6. The average molecular weight is 462 g/mol. The molecule has 31 heavy (non-hydrogen) atoms. The van der Waals surface area contributed by atoms with Crippen molar-refractivity contribution in [3.8, 4) is 5.75 Å². The van der Waals surface area contributed by atoms with Gasteiger partial charge in [-0.25, -0.2) is 5.43 Å². The van der Waals surface area contributed by atoms with Crippen LogP contribution in [0.2, 0.25) is 10.0 Å². The predicted molar refractivity (Wildman–Crippen MR) is 129 cm³/mol. The van der Waals surface area contributed by atoms with E-state index in [2.05, 4.69) is 55.3 Å². The number of nitrogens with one attached hydrogen (secondary N) is 1. The molecule has 1 amide bonds. The number of hydrazone groups is 1. The van der Waals surface area contributed by atoms with Crippen LogP contribution in [0.25, 0.3) is 0 Å². The molecule has 0 fully saturated rings. The third-order valence-electron chi connectivity index (χ3n) is 5.73. The van der Waals surface area contributed by atoms with Crippen LogP contribution >= 0.6 is 23.2 Å². The third-order valence-corrected chi connectivity index (χ3v) is 6.28. The van der Waals surface area contributed by atoms with E-state index in [0.29, 0.717) is 22.3 Å². The fourth-order valence-corrected chi connectivity index (χ4v) is 4.84. The number of fused-ring (bicyclic) bond motifs is 1. The van der Waals surface area contributed by atoms with E-state index in [-0.39, 0.29) is 10.6 Å². The summed E-state index contributed by atoms with van der Waals surface area (Å²) in [6.45, 7) is 10.0. The van der Waals surface area contributed by atoms with Gasteiger partial charge in [0, 0.05) is 34.4 Å². The monoisotopic (exact) mass is 461 g/mol. The molecule has 0 aliphatic carbocycles. The molecule has 0 saturated heterocycles. The van der Waals surface area contributed by atoms with Crippen molar-refractivity contribution in [3.63, 3.8) is 0 Å². The molecule has 1 heterocycles. The normalized spacial score (nSPS) is 17.5. The molecule has 1 atom stereocenters. The number of amides is 1. The van der Waals surface area contributed by atoms with E-state index in [1.807, 2.05) is 0 Å². The Hall–Kier alpha value is -2.24. The highest BCUT2D eigenvalue weighted by molar-refractivity contribution is 6.36. The Labute approximate surface area is 194 Å². The molecule has 1 N–H and O–H groups in total. The van der Waals surface area contributed by atoms with Crippen LogP contribution in [0.1, 0.15) is 67.9 Å². The van der Waals surface area contributed by atoms with Gasteiger partial charge in [-0.2, -0.15) is 5.10 Å². The van der Waals surface area contributed by atoms with Crippen LogP contribution in [-0.2, 0) is 0 Å². The van der Waals surface area contributed by atoms with Crippen LogP contribution < -0.4 is 15.1 Å². The number of halogens is 2. The van der Waals surface area contributed by atoms with Gasteiger partial charge in [-0.3, -0.25) is 4.79 Å². The molecular formula is C24H29Cl2N3O2. The lowest BCUT2D eigenvalue weighted by atomic mass is 9.79. The van der Waals surface area contributed by atoms with Gasteiger partial charge in [0.05, 0.1) is 23.9 Å². The summed E-state index contributed by atoms with van der Waals surface area (Å²) in [5.74, 6) is 0.713. The number of anilines is 1. The van der Waals surface area contributed by atoms with E-state index in [1.54, 1.807) is 25.5 Å². The number of hydrogen-bond acceptors (Lipinski definition) is 4. The van der Waals surface area contributed by atoms with Crippen LogP contribution in [0, 0.1) is 0 Å². The van der Waals surface area contributed by atoms with Gasteiger partial charge < -0.3 is 9.64 Å². The Bertz CT molecular complexity index is 1000. The van der Waals surface area contributed by atoms with Crippen LogP contribution in [0.5, 0.6) is 5.75 Å². The fourth-order valence-electron chi connectivity index (χ4n) is 4.35. The number of carbonyl (C=O) groups excluding carboxylic acids is 1. The first-order valence-electron chi connectivity index (χ1n) is 10.5. The molecule has 0 spiro atoms. The van der Waals surface area contributed by atoms with Crippen molar-refractivity contribution in [1.29, 1.82) is 0 Å². The van der Waals surface area contributed by atoms with Gasteiger partial charge in [-0.1, -0.05) is 37.0 Å². The molecule has 2 aromatic rings. The van der Waals surface area contributed by atoms with Gasteiger partial charge in [0.2, 0.25) is 0 Å². The molecule has 0 saturated carbocycles. The average Bonchev–Trinajstić information content (AvgIpc) is 2.70. The third kappa shape index (κ3) is 4.99. The van der Waals surface area contributed by atoms with E-state index < -0.39 is 5.91 Å². The lowest BCUT2D eigenvalue weighted by Crippen LogP contribution is -2.48. The Kier molecular flexibility index (Phi) is 7.17. The van der Waals surface area contributed by atoms with E-state index in [9.17, 15) is 4.79 Å². The number of methoxy groups -OCH3 is 1. The summed E-state index contributed by atoms with van der Waals surface area (Å²) in [4.78, 5) is 14.9. The number of ether oxygens (including phenoxy) is 1. The first kappa shape index (κ1) is 23.4. The molecular weight excluding hydrogens is 433 g/mol. The van der Waals surface area contributed by atoms with Crippen LogP contribution in [-0.4, -0.2) is 31.3 Å². The Morgan fingerprint density at radius 3 is 2.71 bits per heavy atom. The highest BCUT2D eigenvalue weighted by Crippen LogP contribution is 2.45. The molecule has 166 valence electrons. The second-order valence-electron chi connectivity index (χ2n) is 8.55. The molecule has 1 aliphatic rings. The Morgan fingerprint density at radius 2 is 2.06 bits per heavy atom. The highest BCUT2D eigenvalue weighted by atomic mass is 35.5. The largest absolute Gasteiger partial charge is 0.496 e. The van der Waals surface area contributed by atoms with Crippen molar-refractivity contribution >= 4 is 41.0 Å². The summed E-state index contributed by atoms with van der Waals surface area (Å²) in [6, 6.07) is 8.91. The molecule has 0 radical (unpaired) electrons. The van der Waals surface area contributed by atoms with Crippen molar-refractivity contribution in [2.75, 3.05) is 18.6 Å². The zero-order valence-electron chi connectivity index (χ0n) is 18.6. The number of nitrogens with zero attached hydrogens (tertiary/aromatic N) is 2. The zero-order chi connectivity index (χ0) is 22.8. The topological polar surface area (TPSA) is 53.9 Å². The molecule has 0 aromatic heterocycles. The first-order valence-corrected chi connectivity index (χ1v) is 11.2. The smallest absolute Gasteiger partial charge is 0.272 e. The zero-order valence-corrected chi connectivity index (χ0v) is 20.1. The quantitative estimate of drug-likeness (QED) is 0.407. The van der Waals surface area contributed by atoms with E-state index in [4.69, 9.17) is 27.9 Å². The lowest BCUT2D eigenvalue weighted by molar-refractivity contribution is 0.0955. The van der Waals surface area contributed by atoms with Gasteiger partial charge >= 0.3 is 0 Å². The molecule has 5 nitrogen and oxygen atoms in total. The maximum absolute atomic E-state index is 12.4. The number of hydrogen-bond donors (Lipinski definition) is 1. The number of carbonyl (C=O) groups is 1. The minimum absolute atomic E-state index is 0.0782. The summed E-state index contributed by atoms with van der Waals surface area (Å²) in [6.07, 6.45) is 3.74. The van der Waals surface area contributed by atoms with Gasteiger partial charge in [0.1, 0.15) is 5.75 Å². The molecule has 7 heteroatoms. The Morgan fingerprint density at radius 1 is 1.32 bits per heavy atom. The maximum Gasteiger partial charge on any atom is 0.272 e. The summed E-state index contributed by atoms with van der Waals surface area (Å²) in [7, 11) is 1.65.